The summed E-state index contributed by atoms with van der Waals surface area (Å²) in [5.41, 5.74) is 50.5. The number of hydrogen-bond donors (Lipinski definition) is 0. The molecule has 14 aromatic rings. The third-order valence-corrected chi connectivity index (χ3v) is 32.0. The molecule has 22 rings (SSSR count). The Balaban J connectivity index is 0.630. The van der Waals surface area contributed by atoms with Crippen LogP contribution in [0.3, 0.4) is 0 Å². The van der Waals surface area contributed by atoms with Crippen LogP contribution in [0.25, 0.3) is 144 Å². The van der Waals surface area contributed by atoms with Crippen LogP contribution in [0, 0.1) is 0 Å². The fourth-order valence-electron chi connectivity index (χ4n) is 25.3. The van der Waals surface area contributed by atoms with Gasteiger partial charge in [0, 0.05) is 37.9 Å². The van der Waals surface area contributed by atoms with Gasteiger partial charge in [0.15, 0.2) is 0 Å². The molecule has 0 saturated heterocycles. The Bertz CT molecular complexity index is 6760. The lowest BCUT2D eigenvalue weighted by molar-refractivity contribution is 0.397. The van der Waals surface area contributed by atoms with E-state index in [2.05, 4.69) is 340 Å². The highest BCUT2D eigenvalue weighted by molar-refractivity contribution is 6.14. The van der Waals surface area contributed by atoms with Crippen LogP contribution < -0.4 is 0 Å². The van der Waals surface area contributed by atoms with Crippen molar-refractivity contribution in [1.29, 1.82) is 0 Å². The minimum atomic E-state index is -0.260. The fourth-order valence-corrected chi connectivity index (χ4v) is 25.3. The highest BCUT2D eigenvalue weighted by Gasteiger charge is 2.51. The van der Waals surface area contributed by atoms with Gasteiger partial charge >= 0.3 is 0 Å². The average molecular weight is 1540 g/mol. The van der Waals surface area contributed by atoms with Crippen molar-refractivity contribution in [1.82, 2.24) is 0 Å². The Morgan fingerprint density at radius 3 is 0.950 bits per heavy atom. The lowest BCUT2D eigenvalue weighted by atomic mass is 9.69. The van der Waals surface area contributed by atoms with Gasteiger partial charge in [-0.25, -0.2) is 0 Å². The number of allylic oxidation sites excluding steroid dienone is 4. The van der Waals surface area contributed by atoms with E-state index < -0.39 is 0 Å². The SMILES string of the molecule is CCCCCCCCC1(CCCCCCCC)c2cc3c(cc2-c2cc4c(cc21)-c1c(cc(-c2ccc5c(c2)C(C)(C)c2cc6c(cc2-5)C(C)(C)c2cc(-c5ccccc5)c5ccccc5c2-6)c2ccccc12)C4(C)C)C(C)(C)C1=C3CCC(c2ccc3c(c2)C(C)(C)c2cc4c(cc2-3)C(C)(C)c2cc(-c3ccccc3)c3ccccc3c2-4)=C1. The van der Waals surface area contributed by atoms with Gasteiger partial charge in [-0.1, -0.05) is 338 Å². The van der Waals surface area contributed by atoms with Gasteiger partial charge in [-0.05, 0) is 337 Å². The Morgan fingerprint density at radius 1 is 0.218 bits per heavy atom. The van der Waals surface area contributed by atoms with Gasteiger partial charge in [-0.15, -0.1) is 0 Å². The van der Waals surface area contributed by atoms with Gasteiger partial charge in [0.05, 0.1) is 0 Å². The molecule has 0 heteroatoms. The first-order chi connectivity index (χ1) is 57.5. The largest absolute Gasteiger partial charge is 0.0654 e. The molecule has 0 unspecified atom stereocenters. The summed E-state index contributed by atoms with van der Waals surface area (Å²) in [7, 11) is 0. The fraction of sp³-hybridized carbons (Fsp3) is 0.311. The lowest BCUT2D eigenvalue weighted by Crippen LogP contribution is -2.26. The van der Waals surface area contributed by atoms with Gasteiger partial charge in [0.1, 0.15) is 0 Å². The molecule has 0 amide bonds. The predicted octanol–water partition coefficient (Wildman–Crippen LogP) is 33.4. The Morgan fingerprint density at radius 2 is 0.521 bits per heavy atom. The third-order valence-electron chi connectivity index (χ3n) is 32.0. The molecule has 590 valence electrons. The molecule has 0 bridgehead atoms. The van der Waals surface area contributed by atoms with Crippen molar-refractivity contribution >= 4 is 43.5 Å². The standard InChI is InChI=1S/C119H114/c1-15-17-19-21-23-37-55-119(56-38-24-22-20-18-16-2)105-67-90-80-53-50-74(73-49-52-79-88-63-102-93(68-100(88)114(5,6)96(79)57-73)110-82-46-34-31-43-76(82)85(60-107(110)116(102,9)10)71-39-27-25-28-40-71)58-97(80)113(3,4)99(90)65-91(105)92-66-104-95(70-106(92)119)112-84-48-36-33-45-78(84)87(62-109(112)118(104,13)14)75-51-54-81-89-64-103-94(69-101(89)115(7,8)98(81)59-75)111-83-47-35-32-44-77(83)86(61-108(111)117(103,11)12)72-41-29-26-30-42-72/h25-36,39-49,51-52,54,57-70H,15-24,37-38,50,53,55-56H2,1-14H3. The van der Waals surface area contributed by atoms with Gasteiger partial charge in [-0.2, -0.15) is 0 Å². The second kappa shape index (κ2) is 26.7. The zero-order chi connectivity index (χ0) is 81.3. The van der Waals surface area contributed by atoms with Crippen LogP contribution in [0.5, 0.6) is 0 Å². The number of hydrogen-bond acceptors (Lipinski definition) is 0. The highest BCUT2D eigenvalue weighted by atomic mass is 14.5. The van der Waals surface area contributed by atoms with E-state index in [1.165, 1.54) is 306 Å². The second-order valence-electron chi connectivity index (χ2n) is 40.6. The molecular weight excluding hydrogens is 1430 g/mol. The Labute approximate surface area is 708 Å². The van der Waals surface area contributed by atoms with Crippen molar-refractivity contribution in [3.05, 3.63) is 332 Å². The van der Waals surface area contributed by atoms with Gasteiger partial charge in [-0.3, -0.25) is 0 Å². The van der Waals surface area contributed by atoms with Crippen LogP contribution in [-0.4, -0.2) is 0 Å². The molecule has 0 fully saturated rings. The van der Waals surface area contributed by atoms with Crippen molar-refractivity contribution in [2.24, 2.45) is 0 Å². The Hall–Kier alpha value is -10.7. The maximum absolute atomic E-state index is 2.84. The first-order valence-corrected chi connectivity index (χ1v) is 45.8. The molecule has 0 aliphatic heterocycles. The van der Waals surface area contributed by atoms with E-state index >= 15 is 0 Å². The summed E-state index contributed by atoms with van der Waals surface area (Å²) < 4.78 is 0. The maximum atomic E-state index is 2.84. The smallest absolute Gasteiger partial charge is 0.0215 e. The van der Waals surface area contributed by atoms with Crippen LogP contribution in [0.2, 0.25) is 0 Å². The van der Waals surface area contributed by atoms with Gasteiger partial charge < -0.3 is 0 Å². The number of unbranched alkanes of at least 4 members (excludes halogenated alkanes) is 10. The minimum Gasteiger partial charge on any atom is -0.0654 e. The molecule has 0 radical (unpaired) electrons. The lowest BCUT2D eigenvalue weighted by Gasteiger charge is -2.34. The van der Waals surface area contributed by atoms with E-state index in [0.29, 0.717) is 0 Å². The normalized spacial score (nSPS) is 17.4. The molecule has 0 N–H and O–H groups in total. The van der Waals surface area contributed by atoms with E-state index in [-0.39, 0.29) is 37.9 Å². The summed E-state index contributed by atoms with van der Waals surface area (Å²) in [6.07, 6.45) is 22.8. The summed E-state index contributed by atoms with van der Waals surface area (Å²) >= 11 is 0. The number of rotatable bonds is 18. The molecule has 0 spiro atoms. The zero-order valence-electron chi connectivity index (χ0n) is 72.9. The van der Waals surface area contributed by atoms with Crippen LogP contribution in [-0.2, 0) is 37.9 Å². The molecule has 8 aliphatic rings. The van der Waals surface area contributed by atoms with E-state index in [1.54, 1.807) is 16.7 Å². The van der Waals surface area contributed by atoms with Crippen LogP contribution in [0.15, 0.2) is 248 Å². The van der Waals surface area contributed by atoms with E-state index in [4.69, 9.17) is 0 Å². The van der Waals surface area contributed by atoms with Crippen molar-refractivity contribution in [3.8, 4) is 100 Å². The van der Waals surface area contributed by atoms with Crippen molar-refractivity contribution in [2.75, 3.05) is 0 Å². The minimum absolute atomic E-state index is 0.0997. The summed E-state index contributed by atoms with van der Waals surface area (Å²) in [6, 6.07) is 94.6. The number of benzene rings is 14. The molecule has 0 nitrogen and oxygen atoms in total. The van der Waals surface area contributed by atoms with Crippen LogP contribution in [0.1, 0.15) is 283 Å². The summed E-state index contributed by atoms with van der Waals surface area (Å²) in [5, 5.41) is 8.08. The first-order valence-electron chi connectivity index (χ1n) is 45.8. The molecule has 0 heterocycles. The summed E-state index contributed by atoms with van der Waals surface area (Å²) in [6.45, 7) is 34.9. The molecule has 0 saturated carbocycles. The molecule has 14 aromatic carbocycles. The Kier molecular flexibility index (Phi) is 16.7. The van der Waals surface area contributed by atoms with Gasteiger partial charge in [0.2, 0.25) is 0 Å². The summed E-state index contributed by atoms with van der Waals surface area (Å²) in [4.78, 5) is 0. The van der Waals surface area contributed by atoms with Crippen LogP contribution >= 0.6 is 0 Å². The first kappa shape index (κ1) is 74.6. The van der Waals surface area contributed by atoms with E-state index in [1.807, 2.05) is 0 Å². The topological polar surface area (TPSA) is 0 Å². The van der Waals surface area contributed by atoms with E-state index in [9.17, 15) is 0 Å². The molecule has 0 aromatic heterocycles. The quantitative estimate of drug-likeness (QED) is 0.0751. The van der Waals surface area contributed by atoms with Crippen molar-refractivity contribution in [3.63, 3.8) is 0 Å². The maximum Gasteiger partial charge on any atom is 0.0215 e. The third kappa shape index (κ3) is 10.6. The highest BCUT2D eigenvalue weighted by Crippen LogP contribution is 2.66. The van der Waals surface area contributed by atoms with Crippen molar-refractivity contribution in [2.45, 2.75) is 238 Å². The zero-order valence-corrected chi connectivity index (χ0v) is 72.9. The molecular formula is C119H114. The van der Waals surface area contributed by atoms with Crippen molar-refractivity contribution < 1.29 is 0 Å². The predicted molar refractivity (Wildman–Crippen MR) is 509 cm³/mol. The number of fused-ring (bicyclic) bond motifs is 26. The monoisotopic (exact) mass is 1540 g/mol. The molecule has 0 atom stereocenters. The molecule has 8 aliphatic carbocycles. The van der Waals surface area contributed by atoms with E-state index in [0.717, 1.165) is 12.8 Å². The summed E-state index contributed by atoms with van der Waals surface area (Å²) in [5.74, 6) is 0. The second-order valence-corrected chi connectivity index (χ2v) is 40.6. The van der Waals surface area contributed by atoms with Gasteiger partial charge in [0.25, 0.3) is 0 Å². The average Bonchev–Trinajstić information content (AvgIpc) is 1.53. The van der Waals surface area contributed by atoms with Crippen LogP contribution in [0.4, 0.5) is 0 Å². The molecule has 119 heavy (non-hydrogen) atoms.